The molecule has 0 aliphatic heterocycles. The van der Waals surface area contributed by atoms with E-state index in [0.29, 0.717) is 0 Å². The molecule has 0 fully saturated rings. The van der Waals surface area contributed by atoms with Crippen LogP contribution in [-0.4, -0.2) is 17.5 Å². The van der Waals surface area contributed by atoms with E-state index < -0.39 is 22.2 Å². The Morgan fingerprint density at radius 2 is 1.09 bits per heavy atom. The normalized spacial score (nSPS) is 11.6. The second kappa shape index (κ2) is 12.5. The van der Waals surface area contributed by atoms with Gasteiger partial charge in [0, 0.05) is 0 Å². The van der Waals surface area contributed by atoms with Gasteiger partial charge in [0.05, 0.1) is 22.2 Å². The summed E-state index contributed by atoms with van der Waals surface area (Å²) in [5.41, 5.74) is 0. The third-order valence-electron chi connectivity index (χ3n) is 0.149. The molecule has 0 aliphatic carbocycles. The Labute approximate surface area is 80.5 Å². The van der Waals surface area contributed by atoms with Gasteiger partial charge in [-0.3, -0.25) is 8.42 Å². The Bertz CT molecular complexity index is 193. The molecule has 0 N–H and O–H groups in total. The Kier molecular flexibility index (Phi) is 19.4. The van der Waals surface area contributed by atoms with E-state index in [4.69, 9.17) is 28.0 Å². The minimum absolute atomic E-state index is 0. The van der Waals surface area contributed by atoms with Crippen LogP contribution in [0.2, 0.25) is 0 Å². The molecule has 0 rings (SSSR count). The molecule has 0 amide bonds. The van der Waals surface area contributed by atoms with Gasteiger partial charge in [0.1, 0.15) is 0 Å². The molecule has 0 aromatic carbocycles. The molecule has 0 saturated carbocycles. The Morgan fingerprint density at radius 3 is 1.09 bits per heavy atom. The van der Waals surface area contributed by atoms with E-state index in [1.165, 1.54) is 0 Å². The van der Waals surface area contributed by atoms with Crippen LogP contribution in [0.5, 0.6) is 0 Å². The van der Waals surface area contributed by atoms with E-state index in [-0.39, 0.29) is 19.5 Å². The number of thiocyanates is 2. The molecule has 0 aliphatic rings. The first-order valence-electron chi connectivity index (χ1n) is 1.52. The molecule has 0 spiro atoms. The molecule has 56 valence electrons. The summed E-state index contributed by atoms with van der Waals surface area (Å²) in [5, 5.41) is 16.5. The van der Waals surface area contributed by atoms with Gasteiger partial charge in [-0.05, 0) is 0 Å². The summed E-state index contributed by atoms with van der Waals surface area (Å²) in [4.78, 5) is 0. The fourth-order valence-corrected chi connectivity index (χ4v) is 0. The van der Waals surface area contributed by atoms with Crippen molar-refractivity contribution in [2.24, 2.45) is 0 Å². The van der Waals surface area contributed by atoms with Crippen LogP contribution >= 0.6 is 0 Å². The standard InChI is InChI=1S/2CHNO2S.Zn/c2*2-1-5(3)4;/h2*(H,3,4);/q;;+2/p-2. The molecule has 0 bridgehead atoms. The van der Waals surface area contributed by atoms with Gasteiger partial charge in [-0.2, -0.15) is 10.5 Å². The van der Waals surface area contributed by atoms with Gasteiger partial charge >= 0.3 is 19.5 Å². The fourth-order valence-electron chi connectivity index (χ4n) is 0. The summed E-state index contributed by atoms with van der Waals surface area (Å²) < 4.78 is 36.0. The van der Waals surface area contributed by atoms with E-state index in [1.54, 1.807) is 0 Å². The average molecular weight is 246 g/mol. The number of hydrogen-bond acceptors (Lipinski definition) is 6. The van der Waals surface area contributed by atoms with Gasteiger partial charge in [0.15, 0.2) is 10.8 Å². The topological polar surface area (TPSA) is 128 Å². The summed E-state index contributed by atoms with van der Waals surface area (Å²) in [5.74, 6) is 0. The van der Waals surface area contributed by atoms with Crippen LogP contribution in [-0.2, 0) is 41.6 Å². The molecule has 11 heavy (non-hydrogen) atoms. The van der Waals surface area contributed by atoms with Gasteiger partial charge in [0.25, 0.3) is 0 Å². The second-order valence-electron chi connectivity index (χ2n) is 0.652. The van der Waals surface area contributed by atoms with Crippen LogP contribution in [0.15, 0.2) is 0 Å². The first-order chi connectivity index (χ1) is 4.54. The molecule has 0 heterocycles. The van der Waals surface area contributed by atoms with Crippen molar-refractivity contribution in [3.63, 3.8) is 0 Å². The minimum Gasteiger partial charge on any atom is -0.760 e. The zero-order valence-corrected chi connectivity index (χ0v) is 9.65. The predicted octanol–water partition coefficient (Wildman–Crippen LogP) is -1.31. The molecule has 9 heteroatoms. The van der Waals surface area contributed by atoms with E-state index >= 15 is 0 Å². The van der Waals surface area contributed by atoms with E-state index in [9.17, 15) is 0 Å². The summed E-state index contributed by atoms with van der Waals surface area (Å²) in [6.45, 7) is 0. The van der Waals surface area contributed by atoms with E-state index in [0.717, 1.165) is 10.8 Å². The van der Waals surface area contributed by atoms with Crippen LogP contribution < -0.4 is 0 Å². The number of nitrogens with zero attached hydrogens (tertiary/aromatic N) is 2. The molecular formula is C2N2O4S2Zn. The predicted molar refractivity (Wildman–Crippen MR) is 29.1 cm³/mol. The Morgan fingerprint density at radius 1 is 1.00 bits per heavy atom. The zero-order valence-electron chi connectivity index (χ0n) is 5.05. The van der Waals surface area contributed by atoms with Gasteiger partial charge in [-0.15, -0.1) is 0 Å². The van der Waals surface area contributed by atoms with Crippen molar-refractivity contribution in [1.82, 2.24) is 0 Å². The van der Waals surface area contributed by atoms with Gasteiger partial charge in [-0.1, -0.05) is 0 Å². The third kappa shape index (κ3) is 41.1. The first kappa shape index (κ1) is 17.1. The summed E-state index contributed by atoms with van der Waals surface area (Å²) in [7, 11) is 0. The second-order valence-corrected chi connectivity index (χ2v) is 1.96. The van der Waals surface area contributed by atoms with Crippen molar-refractivity contribution in [2.75, 3.05) is 0 Å². The molecule has 0 aromatic heterocycles. The number of rotatable bonds is 0. The maximum Gasteiger partial charge on any atom is 2.00 e. The molecule has 0 saturated heterocycles. The smallest absolute Gasteiger partial charge is 0.760 e. The molecule has 6 nitrogen and oxygen atoms in total. The van der Waals surface area contributed by atoms with Crippen LogP contribution in [0, 0.1) is 21.3 Å². The summed E-state index contributed by atoms with van der Waals surface area (Å²) >= 11 is -5.03. The number of nitriles is 2. The van der Waals surface area contributed by atoms with Crippen molar-refractivity contribution in [1.29, 1.82) is 10.5 Å². The van der Waals surface area contributed by atoms with Crippen molar-refractivity contribution < 1.29 is 37.0 Å². The van der Waals surface area contributed by atoms with Crippen LogP contribution in [0.3, 0.4) is 0 Å². The summed E-state index contributed by atoms with van der Waals surface area (Å²) in [6.07, 6.45) is 0. The van der Waals surface area contributed by atoms with Crippen molar-refractivity contribution in [3.8, 4) is 10.8 Å². The van der Waals surface area contributed by atoms with E-state index in [2.05, 4.69) is 0 Å². The quantitative estimate of drug-likeness (QED) is 0.296. The SMILES string of the molecule is N#CS(=O)[O-].N#CS(=O)[O-].[Zn+2]. The molecule has 2 unspecified atom stereocenters. The minimum atomic E-state index is -2.52. The van der Waals surface area contributed by atoms with Crippen LogP contribution in [0.4, 0.5) is 0 Å². The van der Waals surface area contributed by atoms with Crippen molar-refractivity contribution in [3.05, 3.63) is 0 Å². The summed E-state index contributed by atoms with van der Waals surface area (Å²) in [6, 6.07) is 0. The van der Waals surface area contributed by atoms with Gasteiger partial charge in [0.2, 0.25) is 0 Å². The molecule has 0 radical (unpaired) electrons. The molecular weight excluding hydrogens is 246 g/mol. The zero-order chi connectivity index (χ0) is 8.57. The Hall–Kier alpha value is -0.177. The van der Waals surface area contributed by atoms with Crippen LogP contribution in [0.1, 0.15) is 0 Å². The Balaban J connectivity index is -0.000000107. The maximum absolute atomic E-state index is 9.01. The molecule has 0 aromatic rings. The first-order valence-corrected chi connectivity index (χ1v) is 3.67. The van der Waals surface area contributed by atoms with Crippen molar-refractivity contribution in [2.45, 2.75) is 0 Å². The van der Waals surface area contributed by atoms with Crippen molar-refractivity contribution >= 4 is 22.2 Å². The van der Waals surface area contributed by atoms with Crippen LogP contribution in [0.25, 0.3) is 0 Å². The largest absolute Gasteiger partial charge is 2.00 e. The van der Waals surface area contributed by atoms with Gasteiger partial charge in [-0.25, -0.2) is 0 Å². The fraction of sp³-hybridized carbons (Fsp3) is 0. The van der Waals surface area contributed by atoms with E-state index in [1.807, 2.05) is 0 Å². The molecule has 2 atom stereocenters. The third-order valence-corrected chi connectivity index (χ3v) is 0.447. The maximum atomic E-state index is 9.01. The van der Waals surface area contributed by atoms with Gasteiger partial charge < -0.3 is 9.11 Å². The number of hydrogen-bond donors (Lipinski definition) is 0. The monoisotopic (exact) mass is 244 g/mol. The average Bonchev–Trinajstić information content (AvgIpc) is 1.89.